The molecule has 0 bridgehead atoms. The van der Waals surface area contributed by atoms with Crippen LogP contribution in [0.4, 0.5) is 0 Å². The van der Waals surface area contributed by atoms with Crippen molar-refractivity contribution in [1.82, 2.24) is 9.80 Å². The van der Waals surface area contributed by atoms with E-state index in [1.54, 1.807) is 16.7 Å². The molecule has 1 aliphatic carbocycles. The van der Waals surface area contributed by atoms with Gasteiger partial charge in [0.15, 0.2) is 0 Å². The van der Waals surface area contributed by atoms with Crippen molar-refractivity contribution in [2.45, 2.75) is 95.3 Å². The molecule has 1 amide bonds. The van der Waals surface area contributed by atoms with Crippen molar-refractivity contribution in [3.63, 3.8) is 0 Å². The molecule has 2 aromatic carbocycles. The number of fused-ring (bicyclic) bond motifs is 1. The first-order valence-electron chi connectivity index (χ1n) is 15.6. The van der Waals surface area contributed by atoms with E-state index >= 15 is 0 Å². The van der Waals surface area contributed by atoms with Gasteiger partial charge in [-0.3, -0.25) is 14.7 Å². The Balaban J connectivity index is 1.22. The number of carbonyl (C=O) groups is 1. The number of β-amino-alcohol motifs (C(OH)–C–C–N with tert-alkyl or cyclic N) is 1. The Morgan fingerprint density at radius 2 is 1.77 bits per heavy atom. The molecule has 2 aromatic rings. The smallest absolute Gasteiger partial charge is 0.254 e. The highest BCUT2D eigenvalue weighted by atomic mass is 32.2. The Bertz CT molecular complexity index is 1420. The number of aliphatic hydroxyl groups is 2. The second kappa shape index (κ2) is 11.1. The molecule has 7 unspecified atom stereocenters. The fraction of sp³-hybridized carbons (Fsp3) is 0.588. The first-order valence-corrected chi connectivity index (χ1v) is 16.6. The average molecular weight is 606 g/mol. The summed E-state index contributed by atoms with van der Waals surface area (Å²) in [6.45, 7) is 13.5. The summed E-state index contributed by atoms with van der Waals surface area (Å²) in [4.78, 5) is 35.9. The number of hydrogen-bond acceptors (Lipinski definition) is 7. The minimum absolute atomic E-state index is 0.0308. The van der Waals surface area contributed by atoms with Gasteiger partial charge in [-0.1, -0.05) is 70.2 Å². The molecule has 230 valence electrons. The number of benzene rings is 2. The van der Waals surface area contributed by atoms with Crippen LogP contribution in [0.1, 0.15) is 80.3 Å². The zero-order chi connectivity index (χ0) is 30.8. The molecule has 3 aliphatic heterocycles. The van der Waals surface area contributed by atoms with E-state index in [4.69, 9.17) is 0 Å². The van der Waals surface area contributed by atoms with Crippen LogP contribution < -0.4 is 0 Å². The molecular weight excluding hydrogens is 560 g/mol. The lowest BCUT2D eigenvalue weighted by Crippen LogP contribution is -2.57. The molecule has 7 atom stereocenters. The zero-order valence-corrected chi connectivity index (χ0v) is 26.9. The van der Waals surface area contributed by atoms with Gasteiger partial charge >= 0.3 is 0 Å². The molecule has 2 N–H and O–H groups in total. The molecule has 1 saturated heterocycles. The number of aliphatic imine (C=N–C) groups is 1. The quantitative estimate of drug-likeness (QED) is 0.392. The van der Waals surface area contributed by atoms with E-state index in [0.717, 1.165) is 11.1 Å². The third kappa shape index (κ3) is 4.96. The highest BCUT2D eigenvalue weighted by Crippen LogP contribution is 2.60. The summed E-state index contributed by atoms with van der Waals surface area (Å²) in [6, 6.07) is 15.3. The second-order valence-corrected chi connectivity index (χ2v) is 14.9. The molecular formula is C34H45N4O4S+. The third-order valence-electron chi connectivity index (χ3n) is 10.7. The van der Waals surface area contributed by atoms with E-state index in [9.17, 15) is 19.9 Å². The lowest BCUT2D eigenvalue weighted by molar-refractivity contribution is -0.619. The average Bonchev–Trinajstić information content (AvgIpc) is 3.32. The predicted molar refractivity (Wildman–Crippen MR) is 170 cm³/mol. The highest BCUT2D eigenvalue weighted by Gasteiger charge is 2.73. The summed E-state index contributed by atoms with van der Waals surface area (Å²) < 4.78 is 1.22. The van der Waals surface area contributed by atoms with E-state index in [-0.39, 0.29) is 53.6 Å². The molecule has 3 heterocycles. The molecule has 0 spiro atoms. The minimum atomic E-state index is -1.01. The molecule has 1 saturated carbocycles. The van der Waals surface area contributed by atoms with Crippen molar-refractivity contribution in [1.29, 1.82) is 0 Å². The lowest BCUT2D eigenvalue weighted by atomic mass is 9.92. The van der Waals surface area contributed by atoms with Crippen molar-refractivity contribution >= 4 is 23.2 Å². The largest absolute Gasteiger partial charge is 0.392 e. The summed E-state index contributed by atoms with van der Waals surface area (Å²) in [5.41, 5.74) is 4.97. The van der Waals surface area contributed by atoms with Crippen LogP contribution in [-0.2, 0) is 12.1 Å². The van der Waals surface area contributed by atoms with Gasteiger partial charge in [-0.15, -0.1) is 11.8 Å². The Morgan fingerprint density at radius 3 is 2.35 bits per heavy atom. The number of hydrogen-bond donors (Lipinski definition) is 2. The van der Waals surface area contributed by atoms with Crippen molar-refractivity contribution in [3.8, 4) is 0 Å². The van der Waals surface area contributed by atoms with Crippen LogP contribution in [0.3, 0.4) is 0 Å². The van der Waals surface area contributed by atoms with Crippen LogP contribution in [0.25, 0.3) is 0 Å². The summed E-state index contributed by atoms with van der Waals surface area (Å²) >= 11 is 1.73. The van der Waals surface area contributed by atoms with Gasteiger partial charge in [0.05, 0.1) is 34.5 Å². The van der Waals surface area contributed by atoms with E-state index in [0.29, 0.717) is 18.5 Å². The van der Waals surface area contributed by atoms with E-state index in [1.807, 2.05) is 48.6 Å². The van der Waals surface area contributed by atoms with E-state index in [1.165, 1.54) is 10.3 Å². The Labute approximate surface area is 259 Å². The molecule has 2 fully saturated rings. The van der Waals surface area contributed by atoms with Crippen LogP contribution in [0.5, 0.6) is 0 Å². The van der Waals surface area contributed by atoms with Crippen LogP contribution >= 0.6 is 11.8 Å². The van der Waals surface area contributed by atoms with Crippen molar-refractivity contribution in [2.24, 2.45) is 22.7 Å². The molecule has 0 radical (unpaired) electrons. The molecule has 6 rings (SSSR count). The standard InChI is InChI=1S/C34H45N4O4S/c1-20(2)29(37-16-24-9-7-8-10-28(24)31(37)40)32(41)36-18-27(39)15-26(36)17-38(42)34(21(3)22(34)4)25-13-11-23(12-14-25)30-33(5,6)35-19-43-30/h7-14,19-22,26-27,29-30,32,39,41H,15-18H2,1-6H3/q+1. The highest BCUT2D eigenvalue weighted by molar-refractivity contribution is 8.12. The summed E-state index contributed by atoms with van der Waals surface area (Å²) in [5, 5.41) is 22.8. The third-order valence-corrected chi connectivity index (χ3v) is 12.0. The SMILES string of the molecule is CC(C)C(C(O)N1CC(O)CC1C[N+](=O)C1(c2ccc(C3SC=NC3(C)C)cc2)C(C)C1C)N1Cc2ccccc2C1=O. The second-order valence-electron chi connectivity index (χ2n) is 14.0. The first kappa shape index (κ1) is 30.4. The maximum absolute atomic E-state index is 14.2. The molecule has 8 nitrogen and oxygen atoms in total. The van der Waals surface area contributed by atoms with Gasteiger partial charge in [-0.2, -0.15) is 0 Å². The predicted octanol–water partition coefficient (Wildman–Crippen LogP) is 4.98. The topological polar surface area (TPSA) is 96.4 Å². The van der Waals surface area contributed by atoms with Crippen LogP contribution in [0, 0.1) is 22.7 Å². The van der Waals surface area contributed by atoms with Crippen LogP contribution in [-0.4, -0.2) is 79.3 Å². The number of likely N-dealkylation sites (tertiary alicyclic amines) is 1. The molecule has 0 aromatic heterocycles. The lowest BCUT2D eigenvalue weighted by Gasteiger charge is -2.40. The zero-order valence-electron chi connectivity index (χ0n) is 26.1. The maximum Gasteiger partial charge on any atom is 0.254 e. The Hall–Kier alpha value is -2.59. The number of carbonyl (C=O) groups excluding carboxylic acids is 1. The number of nitroso groups, excluding NO2 is 1. The summed E-state index contributed by atoms with van der Waals surface area (Å²) in [5.74, 6) is 0.233. The van der Waals surface area contributed by atoms with E-state index < -0.39 is 23.9 Å². The molecule has 9 heteroatoms. The fourth-order valence-electron chi connectivity index (χ4n) is 8.09. The monoisotopic (exact) mass is 605 g/mol. The first-order chi connectivity index (χ1) is 20.4. The fourth-order valence-corrected chi connectivity index (χ4v) is 9.25. The maximum atomic E-state index is 14.2. The number of amides is 1. The Kier molecular flexibility index (Phi) is 7.85. The normalized spacial score (nSPS) is 32.8. The summed E-state index contributed by atoms with van der Waals surface area (Å²) in [6.07, 6.45) is -1.25. The number of thioether (sulfide) groups is 1. The number of nitrogens with zero attached hydrogens (tertiary/aromatic N) is 4. The van der Waals surface area contributed by atoms with Gasteiger partial charge in [-0.25, -0.2) is 0 Å². The van der Waals surface area contributed by atoms with Gasteiger partial charge < -0.3 is 15.1 Å². The number of rotatable bonds is 9. The van der Waals surface area contributed by atoms with Crippen LogP contribution in [0.15, 0.2) is 53.5 Å². The Morgan fingerprint density at radius 1 is 1.09 bits per heavy atom. The van der Waals surface area contributed by atoms with Crippen molar-refractivity contribution in [3.05, 3.63) is 75.7 Å². The molecule has 43 heavy (non-hydrogen) atoms. The van der Waals surface area contributed by atoms with Crippen LogP contribution in [0.2, 0.25) is 0 Å². The van der Waals surface area contributed by atoms with E-state index in [2.05, 4.69) is 57.0 Å². The van der Waals surface area contributed by atoms with Gasteiger partial charge in [0.2, 0.25) is 12.1 Å². The summed E-state index contributed by atoms with van der Waals surface area (Å²) in [7, 11) is 0. The van der Waals surface area contributed by atoms with Gasteiger partial charge in [0, 0.05) is 45.7 Å². The van der Waals surface area contributed by atoms with Gasteiger partial charge in [0.1, 0.15) is 6.23 Å². The van der Waals surface area contributed by atoms with Gasteiger partial charge in [0.25, 0.3) is 5.91 Å². The molecule has 4 aliphatic rings. The van der Waals surface area contributed by atoms with Crippen molar-refractivity contribution in [2.75, 3.05) is 13.1 Å². The van der Waals surface area contributed by atoms with Crippen molar-refractivity contribution < 1.29 is 19.8 Å². The minimum Gasteiger partial charge on any atom is -0.392 e. The van der Waals surface area contributed by atoms with Gasteiger partial charge in [-0.05, 0) is 43.4 Å². The number of aliphatic hydroxyl groups excluding tert-OH is 2.